The molecule has 2 aromatic rings. The van der Waals surface area contributed by atoms with E-state index in [4.69, 9.17) is 4.98 Å². The standard InChI is InChI=1S/C23H30N4O2S/c1-15-6-8-16(9-7-15)27-11-2-4-19(27)21-24-18-10-12-26(14-17(18)22(28)25-21)23(29)20-5-3-13-30-20/h3,5,13,15-16,19H,2,4,6-12,14H2,1H3,(H,24,25,28)/t15?,16?,19-/m1/s1. The Balaban J connectivity index is 1.36. The molecule has 6 nitrogen and oxygen atoms in total. The number of amides is 1. The van der Waals surface area contributed by atoms with Crippen LogP contribution < -0.4 is 5.56 Å². The Hall–Kier alpha value is -1.99. The number of hydrogen-bond acceptors (Lipinski definition) is 5. The number of hydrogen-bond donors (Lipinski definition) is 1. The summed E-state index contributed by atoms with van der Waals surface area (Å²) >= 11 is 1.44. The Bertz CT molecular complexity index is 962. The van der Waals surface area contributed by atoms with Gasteiger partial charge in [0.2, 0.25) is 0 Å². The molecule has 1 saturated heterocycles. The van der Waals surface area contributed by atoms with E-state index in [-0.39, 0.29) is 17.5 Å². The summed E-state index contributed by atoms with van der Waals surface area (Å²) in [5.41, 5.74) is 1.47. The summed E-state index contributed by atoms with van der Waals surface area (Å²) < 4.78 is 0. The molecule has 0 aromatic carbocycles. The molecule has 1 aliphatic carbocycles. The van der Waals surface area contributed by atoms with Gasteiger partial charge in [0, 0.05) is 19.0 Å². The van der Waals surface area contributed by atoms with Crippen LogP contribution in [0.4, 0.5) is 0 Å². The summed E-state index contributed by atoms with van der Waals surface area (Å²) in [5.74, 6) is 1.68. The van der Waals surface area contributed by atoms with Crippen LogP contribution in [-0.2, 0) is 13.0 Å². The fraction of sp³-hybridized carbons (Fsp3) is 0.609. The van der Waals surface area contributed by atoms with E-state index in [0.29, 0.717) is 31.1 Å². The number of aromatic nitrogens is 2. The number of carbonyl (C=O) groups excluding carboxylic acids is 1. The lowest BCUT2D eigenvalue weighted by Gasteiger charge is -2.37. The van der Waals surface area contributed by atoms with Crippen molar-refractivity contribution in [3.63, 3.8) is 0 Å². The van der Waals surface area contributed by atoms with Crippen LogP contribution in [0.3, 0.4) is 0 Å². The van der Waals surface area contributed by atoms with Crippen molar-refractivity contribution in [1.82, 2.24) is 19.8 Å². The van der Waals surface area contributed by atoms with Crippen molar-refractivity contribution in [2.24, 2.45) is 5.92 Å². The highest BCUT2D eigenvalue weighted by Crippen LogP contribution is 2.37. The Labute approximate surface area is 181 Å². The molecule has 7 heteroatoms. The average molecular weight is 427 g/mol. The summed E-state index contributed by atoms with van der Waals surface area (Å²) in [6.45, 7) is 4.43. The Kier molecular flexibility index (Phi) is 5.50. The maximum absolute atomic E-state index is 13.0. The Morgan fingerprint density at radius 3 is 2.80 bits per heavy atom. The molecule has 1 N–H and O–H groups in total. The third kappa shape index (κ3) is 3.73. The molecule has 4 heterocycles. The highest BCUT2D eigenvalue weighted by molar-refractivity contribution is 7.12. The fourth-order valence-electron chi connectivity index (χ4n) is 5.43. The zero-order chi connectivity index (χ0) is 20.7. The second-order valence-corrected chi connectivity index (χ2v) is 10.1. The number of aromatic amines is 1. The first-order valence-corrected chi connectivity index (χ1v) is 12.2. The maximum Gasteiger partial charge on any atom is 0.264 e. The van der Waals surface area contributed by atoms with E-state index in [0.717, 1.165) is 35.3 Å². The van der Waals surface area contributed by atoms with Crippen molar-refractivity contribution >= 4 is 17.2 Å². The van der Waals surface area contributed by atoms with Crippen LogP contribution in [0.15, 0.2) is 22.3 Å². The molecule has 2 aliphatic heterocycles. The van der Waals surface area contributed by atoms with E-state index in [1.807, 2.05) is 17.5 Å². The predicted molar refractivity (Wildman–Crippen MR) is 118 cm³/mol. The molecule has 1 atom stereocenters. The van der Waals surface area contributed by atoms with Gasteiger partial charge in [-0.05, 0) is 62.4 Å². The van der Waals surface area contributed by atoms with Crippen molar-refractivity contribution in [2.75, 3.05) is 13.1 Å². The highest BCUT2D eigenvalue weighted by atomic mass is 32.1. The molecule has 0 spiro atoms. The number of thiophene rings is 1. The minimum atomic E-state index is -0.0669. The van der Waals surface area contributed by atoms with Crippen LogP contribution in [0.5, 0.6) is 0 Å². The topological polar surface area (TPSA) is 69.3 Å². The van der Waals surface area contributed by atoms with Gasteiger partial charge in [-0.1, -0.05) is 13.0 Å². The first-order valence-electron chi connectivity index (χ1n) is 11.3. The van der Waals surface area contributed by atoms with Gasteiger partial charge < -0.3 is 9.88 Å². The van der Waals surface area contributed by atoms with E-state index in [1.165, 1.54) is 43.4 Å². The zero-order valence-corrected chi connectivity index (χ0v) is 18.4. The summed E-state index contributed by atoms with van der Waals surface area (Å²) in [6.07, 6.45) is 8.00. The van der Waals surface area contributed by atoms with Crippen molar-refractivity contribution in [1.29, 1.82) is 0 Å². The lowest BCUT2D eigenvalue weighted by atomic mass is 9.86. The summed E-state index contributed by atoms with van der Waals surface area (Å²) in [6, 6.07) is 4.58. The van der Waals surface area contributed by atoms with Crippen LogP contribution in [0.1, 0.15) is 78.2 Å². The van der Waals surface area contributed by atoms with Gasteiger partial charge in [-0.2, -0.15) is 0 Å². The number of likely N-dealkylation sites (tertiary alicyclic amines) is 1. The van der Waals surface area contributed by atoms with Gasteiger partial charge in [0.1, 0.15) is 5.82 Å². The molecule has 160 valence electrons. The van der Waals surface area contributed by atoms with Crippen molar-refractivity contribution in [3.05, 3.63) is 49.8 Å². The van der Waals surface area contributed by atoms with Gasteiger partial charge in [0.05, 0.1) is 28.7 Å². The molecule has 3 aliphatic rings. The third-order valence-electron chi connectivity index (χ3n) is 7.17. The van der Waals surface area contributed by atoms with Gasteiger partial charge in [-0.25, -0.2) is 4.98 Å². The molecule has 0 unspecified atom stereocenters. The zero-order valence-electron chi connectivity index (χ0n) is 17.6. The van der Waals surface area contributed by atoms with Crippen LogP contribution in [0, 0.1) is 5.92 Å². The number of nitrogens with zero attached hydrogens (tertiary/aromatic N) is 3. The van der Waals surface area contributed by atoms with Crippen LogP contribution in [-0.4, -0.2) is 44.8 Å². The van der Waals surface area contributed by atoms with E-state index >= 15 is 0 Å². The van der Waals surface area contributed by atoms with Crippen molar-refractivity contribution in [2.45, 2.75) is 70.5 Å². The van der Waals surface area contributed by atoms with Crippen molar-refractivity contribution < 1.29 is 4.79 Å². The summed E-state index contributed by atoms with van der Waals surface area (Å²) in [4.78, 5) is 38.8. The van der Waals surface area contributed by atoms with Crippen LogP contribution in [0.25, 0.3) is 0 Å². The minimum absolute atomic E-state index is 0.00706. The molecule has 5 rings (SSSR count). The maximum atomic E-state index is 13.0. The largest absolute Gasteiger partial charge is 0.333 e. The molecule has 0 radical (unpaired) electrons. The van der Waals surface area contributed by atoms with Crippen LogP contribution in [0.2, 0.25) is 0 Å². The smallest absolute Gasteiger partial charge is 0.264 e. The molecular weight excluding hydrogens is 396 g/mol. The molecule has 30 heavy (non-hydrogen) atoms. The molecular formula is C23H30N4O2S. The molecule has 0 bridgehead atoms. The fourth-order valence-corrected chi connectivity index (χ4v) is 6.12. The quantitative estimate of drug-likeness (QED) is 0.812. The first kappa shape index (κ1) is 19.9. The number of fused-ring (bicyclic) bond motifs is 1. The van der Waals surface area contributed by atoms with Gasteiger partial charge >= 0.3 is 0 Å². The lowest BCUT2D eigenvalue weighted by Crippen LogP contribution is -2.41. The number of nitrogens with one attached hydrogen (secondary N) is 1. The van der Waals surface area contributed by atoms with Gasteiger partial charge in [-0.15, -0.1) is 11.3 Å². The number of rotatable bonds is 3. The van der Waals surface area contributed by atoms with Gasteiger partial charge in [-0.3, -0.25) is 14.5 Å². The Morgan fingerprint density at radius 1 is 1.20 bits per heavy atom. The minimum Gasteiger partial charge on any atom is -0.333 e. The first-order chi connectivity index (χ1) is 14.6. The molecule has 1 saturated carbocycles. The monoisotopic (exact) mass is 426 g/mol. The highest BCUT2D eigenvalue weighted by Gasteiger charge is 2.36. The molecule has 2 fully saturated rings. The lowest BCUT2D eigenvalue weighted by molar-refractivity contribution is 0.0737. The second kappa shape index (κ2) is 8.27. The Morgan fingerprint density at radius 2 is 2.03 bits per heavy atom. The predicted octanol–water partition coefficient (Wildman–Crippen LogP) is 3.75. The summed E-state index contributed by atoms with van der Waals surface area (Å²) in [5, 5.41) is 1.91. The average Bonchev–Trinajstić information content (AvgIpc) is 3.46. The third-order valence-corrected chi connectivity index (χ3v) is 8.03. The van der Waals surface area contributed by atoms with Crippen molar-refractivity contribution in [3.8, 4) is 0 Å². The van der Waals surface area contributed by atoms with Crippen LogP contribution >= 0.6 is 11.3 Å². The SMILES string of the molecule is CC1CCC(N2CCC[C@@H]2c2nc3c(c(=O)[nH]2)CN(C(=O)c2cccs2)CC3)CC1. The molecule has 2 aromatic heterocycles. The second-order valence-electron chi connectivity index (χ2n) is 9.14. The van der Waals surface area contributed by atoms with Gasteiger partial charge in [0.25, 0.3) is 11.5 Å². The van der Waals surface area contributed by atoms with E-state index in [9.17, 15) is 9.59 Å². The van der Waals surface area contributed by atoms with E-state index in [2.05, 4.69) is 16.8 Å². The number of H-pyrrole nitrogens is 1. The van der Waals surface area contributed by atoms with E-state index in [1.54, 1.807) is 4.90 Å². The summed E-state index contributed by atoms with van der Waals surface area (Å²) in [7, 11) is 0. The van der Waals surface area contributed by atoms with Gasteiger partial charge in [0.15, 0.2) is 0 Å². The number of carbonyl (C=O) groups is 1. The van der Waals surface area contributed by atoms with E-state index < -0.39 is 0 Å². The normalized spacial score (nSPS) is 27.2. The molecule has 1 amide bonds.